The van der Waals surface area contributed by atoms with Crippen LogP contribution >= 0.6 is 11.3 Å². The number of nitrogens with zero attached hydrogens (tertiary/aromatic N) is 1. The number of nitrogens with one attached hydrogen (secondary N) is 2. The molecule has 0 fully saturated rings. The van der Waals surface area contributed by atoms with Crippen LogP contribution in [0.25, 0.3) is 22.0 Å². The van der Waals surface area contributed by atoms with Crippen molar-refractivity contribution in [2.75, 3.05) is 0 Å². The minimum Gasteiger partial charge on any atom is -0.507 e. The number of carbonyl (C=O) groups is 2. The zero-order chi connectivity index (χ0) is 20.2. The van der Waals surface area contributed by atoms with E-state index >= 15 is 0 Å². The Balaban J connectivity index is 1.60. The lowest BCUT2D eigenvalue weighted by Crippen LogP contribution is -2.41. The van der Waals surface area contributed by atoms with E-state index in [1.165, 1.54) is 18.4 Å². The largest absolute Gasteiger partial charge is 0.507 e. The van der Waals surface area contributed by atoms with Crippen LogP contribution in [0.1, 0.15) is 20.0 Å². The molecule has 0 bridgehead atoms. The van der Waals surface area contributed by atoms with E-state index in [2.05, 4.69) is 15.8 Å². The summed E-state index contributed by atoms with van der Waals surface area (Å²) in [6, 6.07) is 18.8. The Morgan fingerprint density at radius 3 is 2.34 bits per heavy atom. The normalized spacial score (nSPS) is 10.5. The molecule has 0 saturated heterocycles. The molecule has 8 heteroatoms. The molecule has 0 spiro atoms. The van der Waals surface area contributed by atoms with Crippen molar-refractivity contribution in [2.45, 2.75) is 0 Å². The van der Waals surface area contributed by atoms with Gasteiger partial charge in [0.2, 0.25) is 0 Å². The standard InChI is InChI=1S/C21H15N3O4S/c25-15-10-5-4-9-14(15)19(26)23-24-20(27)18-17(13-7-2-1-3-8-13)22-21(29-18)16-11-6-12-28-16/h1-12,25H,(H,23,26)(H,24,27). The van der Waals surface area contributed by atoms with Crippen molar-refractivity contribution in [1.82, 2.24) is 15.8 Å². The number of aromatic nitrogens is 1. The molecule has 0 aliphatic carbocycles. The van der Waals surface area contributed by atoms with Crippen LogP contribution in [0.3, 0.4) is 0 Å². The smallest absolute Gasteiger partial charge is 0.282 e. The molecule has 0 aliphatic rings. The molecule has 0 saturated carbocycles. The van der Waals surface area contributed by atoms with Crippen molar-refractivity contribution in [2.24, 2.45) is 0 Å². The number of hydrazine groups is 1. The van der Waals surface area contributed by atoms with Crippen LogP contribution in [0, 0.1) is 0 Å². The van der Waals surface area contributed by atoms with Crippen molar-refractivity contribution >= 4 is 23.2 Å². The van der Waals surface area contributed by atoms with Gasteiger partial charge in [0.25, 0.3) is 11.8 Å². The predicted octanol–water partition coefficient (Wildman–Crippen LogP) is 3.85. The summed E-state index contributed by atoms with van der Waals surface area (Å²) in [6.07, 6.45) is 1.53. The number of carbonyl (C=O) groups excluding carboxylic acids is 2. The fraction of sp³-hybridized carbons (Fsp3) is 0. The van der Waals surface area contributed by atoms with E-state index < -0.39 is 11.8 Å². The highest BCUT2D eigenvalue weighted by Crippen LogP contribution is 2.34. The second-order valence-corrected chi connectivity index (χ2v) is 6.96. The molecule has 29 heavy (non-hydrogen) atoms. The molecule has 0 atom stereocenters. The molecule has 4 aromatic rings. The van der Waals surface area contributed by atoms with Gasteiger partial charge in [0, 0.05) is 5.56 Å². The monoisotopic (exact) mass is 405 g/mol. The first-order valence-electron chi connectivity index (χ1n) is 8.62. The van der Waals surface area contributed by atoms with E-state index in [0.29, 0.717) is 21.3 Å². The zero-order valence-corrected chi connectivity index (χ0v) is 15.8. The number of aromatic hydroxyl groups is 1. The molecule has 0 aliphatic heterocycles. The number of hydrogen-bond donors (Lipinski definition) is 3. The van der Waals surface area contributed by atoms with Gasteiger partial charge in [-0.2, -0.15) is 0 Å². The van der Waals surface area contributed by atoms with E-state index in [-0.39, 0.29) is 11.3 Å². The third kappa shape index (κ3) is 3.87. The molecule has 144 valence electrons. The van der Waals surface area contributed by atoms with Crippen molar-refractivity contribution in [3.05, 3.63) is 83.4 Å². The van der Waals surface area contributed by atoms with Gasteiger partial charge in [-0.05, 0) is 24.3 Å². The van der Waals surface area contributed by atoms with Crippen molar-refractivity contribution in [3.8, 4) is 27.8 Å². The minimum absolute atomic E-state index is 0.0525. The molecule has 3 N–H and O–H groups in total. The molecule has 7 nitrogen and oxygen atoms in total. The molecule has 2 aromatic heterocycles. The van der Waals surface area contributed by atoms with Crippen LogP contribution in [0.5, 0.6) is 5.75 Å². The molecule has 2 heterocycles. The number of para-hydroxylation sites is 1. The lowest BCUT2D eigenvalue weighted by Gasteiger charge is -2.08. The number of phenolic OH excluding ortho intramolecular Hbond substituents is 1. The fourth-order valence-corrected chi connectivity index (χ4v) is 3.63. The topological polar surface area (TPSA) is 104 Å². The van der Waals surface area contributed by atoms with Gasteiger partial charge in [0.05, 0.1) is 17.5 Å². The maximum atomic E-state index is 12.8. The first kappa shape index (κ1) is 18.5. The van der Waals surface area contributed by atoms with Crippen molar-refractivity contribution < 1.29 is 19.1 Å². The molecule has 0 unspecified atom stereocenters. The lowest BCUT2D eigenvalue weighted by molar-refractivity contribution is 0.0847. The number of rotatable bonds is 4. The van der Waals surface area contributed by atoms with Gasteiger partial charge in [0.1, 0.15) is 10.6 Å². The average molecular weight is 405 g/mol. The van der Waals surface area contributed by atoms with E-state index in [4.69, 9.17) is 4.42 Å². The van der Waals surface area contributed by atoms with Crippen molar-refractivity contribution in [3.63, 3.8) is 0 Å². The summed E-state index contributed by atoms with van der Waals surface area (Å²) >= 11 is 1.15. The molecule has 0 radical (unpaired) electrons. The summed E-state index contributed by atoms with van der Waals surface area (Å²) in [6.45, 7) is 0. The van der Waals surface area contributed by atoms with Gasteiger partial charge in [-0.25, -0.2) is 4.98 Å². The van der Waals surface area contributed by atoms with Gasteiger partial charge in [-0.3, -0.25) is 20.4 Å². The summed E-state index contributed by atoms with van der Waals surface area (Å²) in [5.74, 6) is -0.789. The maximum Gasteiger partial charge on any atom is 0.282 e. The van der Waals surface area contributed by atoms with E-state index in [1.54, 1.807) is 24.3 Å². The summed E-state index contributed by atoms with van der Waals surface area (Å²) in [4.78, 5) is 29.9. The highest BCUT2D eigenvalue weighted by molar-refractivity contribution is 7.17. The molecule has 2 amide bonds. The van der Waals surface area contributed by atoms with E-state index in [0.717, 1.165) is 16.9 Å². The Hall–Kier alpha value is -3.91. The van der Waals surface area contributed by atoms with Crippen LogP contribution in [0.4, 0.5) is 0 Å². The third-order valence-electron chi connectivity index (χ3n) is 4.05. The number of furan rings is 1. The van der Waals surface area contributed by atoms with E-state index in [1.807, 2.05) is 30.3 Å². The van der Waals surface area contributed by atoms with E-state index in [9.17, 15) is 14.7 Å². The van der Waals surface area contributed by atoms with Gasteiger partial charge < -0.3 is 9.52 Å². The molecular formula is C21H15N3O4S. The Morgan fingerprint density at radius 1 is 0.897 bits per heavy atom. The highest BCUT2D eigenvalue weighted by Gasteiger charge is 2.22. The summed E-state index contributed by atoms with van der Waals surface area (Å²) < 4.78 is 5.39. The summed E-state index contributed by atoms with van der Waals surface area (Å²) in [5, 5.41) is 10.3. The van der Waals surface area contributed by atoms with Crippen LogP contribution in [-0.4, -0.2) is 21.9 Å². The van der Waals surface area contributed by atoms with Crippen LogP contribution < -0.4 is 10.9 Å². The number of phenols is 1. The summed E-state index contributed by atoms with van der Waals surface area (Å²) in [5.41, 5.74) is 6.00. The van der Waals surface area contributed by atoms with Gasteiger partial charge in [-0.15, -0.1) is 11.3 Å². The Kier molecular flexibility index (Phi) is 5.08. The maximum absolute atomic E-state index is 12.8. The Morgan fingerprint density at radius 2 is 1.62 bits per heavy atom. The van der Waals surface area contributed by atoms with Crippen LogP contribution in [0.15, 0.2) is 77.4 Å². The first-order valence-corrected chi connectivity index (χ1v) is 9.44. The second kappa shape index (κ2) is 7.99. The fourth-order valence-electron chi connectivity index (χ4n) is 2.67. The predicted molar refractivity (Wildman–Crippen MR) is 108 cm³/mol. The third-order valence-corrected chi connectivity index (χ3v) is 5.12. The van der Waals surface area contributed by atoms with Gasteiger partial charge >= 0.3 is 0 Å². The van der Waals surface area contributed by atoms with Crippen LogP contribution in [0.2, 0.25) is 0 Å². The lowest BCUT2D eigenvalue weighted by atomic mass is 10.1. The summed E-state index contributed by atoms with van der Waals surface area (Å²) in [7, 11) is 0. The highest BCUT2D eigenvalue weighted by atomic mass is 32.1. The Labute approximate surface area is 169 Å². The number of amides is 2. The van der Waals surface area contributed by atoms with Gasteiger partial charge in [0.15, 0.2) is 10.8 Å². The van der Waals surface area contributed by atoms with Crippen molar-refractivity contribution in [1.29, 1.82) is 0 Å². The Bertz CT molecular complexity index is 1150. The molecule has 2 aromatic carbocycles. The average Bonchev–Trinajstić information content (AvgIpc) is 3.42. The minimum atomic E-state index is -0.631. The number of hydrogen-bond acceptors (Lipinski definition) is 6. The molecular weight excluding hydrogens is 390 g/mol. The molecule has 4 rings (SSSR count). The first-order chi connectivity index (χ1) is 14.1. The zero-order valence-electron chi connectivity index (χ0n) is 15.0. The van der Waals surface area contributed by atoms with Crippen LogP contribution in [-0.2, 0) is 0 Å². The van der Waals surface area contributed by atoms with Gasteiger partial charge in [-0.1, -0.05) is 42.5 Å². The quantitative estimate of drug-likeness (QED) is 0.447. The number of benzene rings is 2. The second-order valence-electron chi connectivity index (χ2n) is 5.97. The number of thiazole rings is 1. The SMILES string of the molecule is O=C(NNC(=O)c1sc(-c2ccco2)nc1-c1ccccc1)c1ccccc1O.